The highest BCUT2D eigenvalue weighted by molar-refractivity contribution is 5.66. The third kappa shape index (κ3) is 4.13. The Morgan fingerprint density at radius 2 is 1.89 bits per heavy atom. The molecule has 0 unspecified atom stereocenters. The van der Waals surface area contributed by atoms with Crippen LogP contribution in [0.2, 0.25) is 0 Å². The van der Waals surface area contributed by atoms with Crippen LogP contribution in [0.15, 0.2) is 12.3 Å². The maximum Gasteiger partial charge on any atom is 0.129 e. The number of rotatable bonds is 5. The first-order valence-electron chi connectivity index (χ1n) is 10.9. The Morgan fingerprint density at radius 3 is 2.61 bits per heavy atom. The van der Waals surface area contributed by atoms with E-state index in [9.17, 15) is 0 Å². The van der Waals surface area contributed by atoms with Crippen LogP contribution >= 0.6 is 0 Å². The summed E-state index contributed by atoms with van der Waals surface area (Å²) in [5.74, 6) is 2.07. The van der Waals surface area contributed by atoms with Crippen LogP contribution in [0, 0.1) is 5.92 Å². The molecule has 0 radical (unpaired) electrons. The number of nitrogens with zero attached hydrogens (tertiary/aromatic N) is 4. The number of aromatic nitrogens is 4. The van der Waals surface area contributed by atoms with Crippen molar-refractivity contribution in [2.45, 2.75) is 70.3 Å². The van der Waals surface area contributed by atoms with Crippen LogP contribution in [0.5, 0.6) is 0 Å². The van der Waals surface area contributed by atoms with Crippen molar-refractivity contribution in [2.75, 3.05) is 13.2 Å². The van der Waals surface area contributed by atoms with Gasteiger partial charge in [0.25, 0.3) is 0 Å². The Bertz CT molecular complexity index is 788. The minimum Gasteiger partial charge on any atom is -0.381 e. The van der Waals surface area contributed by atoms with E-state index >= 15 is 0 Å². The molecule has 28 heavy (non-hydrogen) atoms. The summed E-state index contributed by atoms with van der Waals surface area (Å²) in [5, 5.41) is 4.92. The van der Waals surface area contributed by atoms with E-state index in [1.165, 1.54) is 29.8 Å². The Balaban J connectivity index is 1.63. The van der Waals surface area contributed by atoms with Gasteiger partial charge in [-0.2, -0.15) is 5.10 Å². The second-order valence-electron chi connectivity index (χ2n) is 8.41. The number of nitrogens with two attached hydrogens (primary N) is 1. The van der Waals surface area contributed by atoms with Crippen LogP contribution in [0.1, 0.15) is 68.6 Å². The number of hydrogen-bond acceptors (Lipinski definition) is 5. The molecular weight excluding hydrogens is 350 g/mol. The Morgan fingerprint density at radius 1 is 1.14 bits per heavy atom. The highest BCUT2D eigenvalue weighted by atomic mass is 16.5. The molecule has 2 aliphatic rings. The summed E-state index contributed by atoms with van der Waals surface area (Å²) in [4.78, 5) is 9.60. The van der Waals surface area contributed by atoms with Gasteiger partial charge < -0.3 is 10.5 Å². The molecule has 1 saturated carbocycles. The fourth-order valence-electron chi connectivity index (χ4n) is 4.81. The van der Waals surface area contributed by atoms with Crippen LogP contribution in [0.25, 0.3) is 11.3 Å². The van der Waals surface area contributed by atoms with Crippen molar-refractivity contribution in [2.24, 2.45) is 18.7 Å². The summed E-state index contributed by atoms with van der Waals surface area (Å²) in [6.07, 6.45) is 10.5. The molecule has 0 aromatic carbocycles. The smallest absolute Gasteiger partial charge is 0.129 e. The molecule has 6 heteroatoms. The van der Waals surface area contributed by atoms with E-state index in [2.05, 4.69) is 25.0 Å². The molecule has 2 aromatic heterocycles. The van der Waals surface area contributed by atoms with Crippen molar-refractivity contribution in [3.05, 3.63) is 29.5 Å². The fourth-order valence-corrected chi connectivity index (χ4v) is 4.81. The minimum absolute atomic E-state index is 0.382. The third-order valence-corrected chi connectivity index (χ3v) is 6.46. The maximum absolute atomic E-state index is 6.06. The van der Waals surface area contributed by atoms with Gasteiger partial charge in [-0.05, 0) is 56.9 Å². The fraction of sp³-hybridized carbons (Fsp3) is 0.682. The lowest BCUT2D eigenvalue weighted by molar-refractivity contribution is 0.0845. The molecule has 1 aliphatic heterocycles. The first-order valence-corrected chi connectivity index (χ1v) is 10.9. The summed E-state index contributed by atoms with van der Waals surface area (Å²) in [6, 6.07) is 2.44. The van der Waals surface area contributed by atoms with E-state index in [0.717, 1.165) is 63.3 Å². The van der Waals surface area contributed by atoms with Crippen molar-refractivity contribution >= 4 is 0 Å². The highest BCUT2D eigenvalue weighted by Crippen LogP contribution is 2.36. The Kier molecular flexibility index (Phi) is 6.07. The molecule has 152 valence electrons. The predicted molar refractivity (Wildman–Crippen MR) is 110 cm³/mol. The number of ether oxygens (including phenoxy) is 1. The molecule has 3 heterocycles. The largest absolute Gasteiger partial charge is 0.381 e. The molecule has 2 aromatic rings. The Labute approximate surface area is 167 Å². The average Bonchev–Trinajstić information content (AvgIpc) is 3.07. The van der Waals surface area contributed by atoms with Crippen molar-refractivity contribution < 1.29 is 4.74 Å². The quantitative estimate of drug-likeness (QED) is 0.856. The van der Waals surface area contributed by atoms with Gasteiger partial charge in [0.1, 0.15) is 5.82 Å². The van der Waals surface area contributed by atoms with Gasteiger partial charge in [0.05, 0.1) is 11.4 Å². The van der Waals surface area contributed by atoms with E-state index in [1.807, 2.05) is 10.9 Å². The van der Waals surface area contributed by atoms with E-state index in [4.69, 9.17) is 20.6 Å². The van der Waals surface area contributed by atoms with Crippen molar-refractivity contribution in [1.29, 1.82) is 0 Å². The molecule has 2 N–H and O–H groups in total. The van der Waals surface area contributed by atoms with Crippen molar-refractivity contribution in [1.82, 2.24) is 19.7 Å². The zero-order valence-corrected chi connectivity index (χ0v) is 17.2. The second kappa shape index (κ2) is 8.70. The monoisotopic (exact) mass is 383 g/mol. The second-order valence-corrected chi connectivity index (χ2v) is 8.41. The Hall–Kier alpha value is -1.79. The van der Waals surface area contributed by atoms with E-state index in [1.54, 1.807) is 0 Å². The molecule has 1 aliphatic carbocycles. The topological polar surface area (TPSA) is 78.8 Å². The summed E-state index contributed by atoms with van der Waals surface area (Å²) in [7, 11) is 2.05. The molecule has 2 fully saturated rings. The van der Waals surface area contributed by atoms with Crippen LogP contribution in [-0.4, -0.2) is 39.0 Å². The van der Waals surface area contributed by atoms with Crippen LogP contribution in [0.4, 0.5) is 0 Å². The molecule has 0 bridgehead atoms. The van der Waals surface area contributed by atoms with Crippen LogP contribution in [0.3, 0.4) is 0 Å². The zero-order chi connectivity index (χ0) is 19.5. The molecule has 0 amide bonds. The zero-order valence-electron chi connectivity index (χ0n) is 17.2. The first kappa shape index (κ1) is 19.5. The van der Waals surface area contributed by atoms with Gasteiger partial charge in [0, 0.05) is 56.1 Å². The number of aryl methyl sites for hydroxylation is 1. The van der Waals surface area contributed by atoms with E-state index < -0.39 is 0 Å². The van der Waals surface area contributed by atoms with Crippen molar-refractivity contribution in [3.63, 3.8) is 0 Å². The number of hydrogen-bond donors (Lipinski definition) is 1. The maximum atomic E-state index is 6.06. The van der Waals surface area contributed by atoms with Gasteiger partial charge in [0.15, 0.2) is 0 Å². The molecule has 1 saturated heterocycles. The van der Waals surface area contributed by atoms with Gasteiger partial charge in [-0.15, -0.1) is 0 Å². The van der Waals surface area contributed by atoms with Gasteiger partial charge in [-0.3, -0.25) is 4.68 Å². The SMILES string of the molecule is CCc1c(-c2ccnc(CC3CCC(N)CC3)n2)c(C2CCOCC2)nn1C. The minimum atomic E-state index is 0.382. The van der Waals surface area contributed by atoms with E-state index in [0.29, 0.717) is 17.9 Å². The molecule has 6 nitrogen and oxygen atoms in total. The first-order chi connectivity index (χ1) is 13.7. The average molecular weight is 384 g/mol. The van der Waals surface area contributed by atoms with Gasteiger partial charge in [0.2, 0.25) is 0 Å². The van der Waals surface area contributed by atoms with E-state index in [-0.39, 0.29) is 0 Å². The normalized spacial score (nSPS) is 23.8. The molecule has 0 spiro atoms. The summed E-state index contributed by atoms with van der Waals surface area (Å²) < 4.78 is 7.62. The predicted octanol–water partition coefficient (Wildman–Crippen LogP) is 3.39. The molecule has 4 rings (SSSR count). The standard InChI is InChI=1S/C22H33N5O/c1-3-19-21(22(26-27(19)2)16-9-12-28-13-10-16)18-8-11-24-20(25-18)14-15-4-6-17(23)7-5-15/h8,11,15-17H,3-7,9-10,12-14,23H2,1-2H3. The van der Waals surface area contributed by atoms with Crippen LogP contribution in [-0.2, 0) is 24.6 Å². The van der Waals surface area contributed by atoms with Crippen LogP contribution < -0.4 is 5.73 Å². The lowest BCUT2D eigenvalue weighted by atomic mass is 9.84. The van der Waals surface area contributed by atoms with Gasteiger partial charge >= 0.3 is 0 Å². The van der Waals surface area contributed by atoms with Gasteiger partial charge in [-0.1, -0.05) is 6.92 Å². The third-order valence-electron chi connectivity index (χ3n) is 6.46. The lowest BCUT2D eigenvalue weighted by Gasteiger charge is -2.25. The summed E-state index contributed by atoms with van der Waals surface area (Å²) >= 11 is 0. The van der Waals surface area contributed by atoms with Crippen molar-refractivity contribution in [3.8, 4) is 11.3 Å². The van der Waals surface area contributed by atoms with Gasteiger partial charge in [-0.25, -0.2) is 9.97 Å². The summed E-state index contributed by atoms with van der Waals surface area (Å²) in [5.41, 5.74) is 10.8. The lowest BCUT2D eigenvalue weighted by Crippen LogP contribution is -2.27. The highest BCUT2D eigenvalue weighted by Gasteiger charge is 2.27. The summed E-state index contributed by atoms with van der Waals surface area (Å²) in [6.45, 7) is 3.84. The molecular formula is C22H33N5O. The molecule has 0 atom stereocenters.